The molecule has 0 unspecified atom stereocenters. The first kappa shape index (κ1) is 33.3. The first-order valence-electron chi connectivity index (χ1n) is 20.0. The molecule has 0 saturated carbocycles. The van der Waals surface area contributed by atoms with E-state index in [-0.39, 0.29) is 0 Å². The Kier molecular flexibility index (Phi) is 7.54. The van der Waals surface area contributed by atoms with Crippen LogP contribution < -0.4 is 0 Å². The molecule has 0 aliphatic carbocycles. The van der Waals surface area contributed by atoms with Gasteiger partial charge in [0.25, 0.3) is 0 Å². The molecule has 274 valence electrons. The summed E-state index contributed by atoms with van der Waals surface area (Å²) in [5.74, 6) is 0. The number of hydrogen-bond donors (Lipinski definition) is 0. The second-order valence-corrected chi connectivity index (χ2v) is 15.3. The molecular weight excluding hydrogens is 717 g/mol. The molecule has 0 saturated heterocycles. The molecule has 2 heterocycles. The van der Waals surface area contributed by atoms with Crippen molar-refractivity contribution in [2.45, 2.75) is 0 Å². The van der Waals surface area contributed by atoms with Crippen LogP contribution in [-0.4, -0.2) is 9.97 Å². The molecule has 0 N–H and O–H groups in total. The van der Waals surface area contributed by atoms with Crippen molar-refractivity contribution >= 4 is 65.3 Å². The molecule has 0 aliphatic heterocycles. The highest BCUT2D eigenvalue weighted by Gasteiger charge is 2.16. The van der Waals surface area contributed by atoms with Gasteiger partial charge in [0, 0.05) is 32.7 Å². The second kappa shape index (κ2) is 13.4. The van der Waals surface area contributed by atoms with Crippen LogP contribution in [0.25, 0.3) is 121 Å². The summed E-state index contributed by atoms with van der Waals surface area (Å²) in [6.45, 7) is 0. The second-order valence-electron chi connectivity index (χ2n) is 15.3. The van der Waals surface area contributed by atoms with Gasteiger partial charge in [-0.15, -0.1) is 0 Å². The Morgan fingerprint density at radius 3 is 1.46 bits per heavy atom. The Morgan fingerprint density at radius 2 is 0.814 bits per heavy atom. The molecule has 10 aromatic carbocycles. The summed E-state index contributed by atoms with van der Waals surface area (Å²) in [5, 5.41) is 9.37. The van der Waals surface area contributed by atoms with Crippen LogP contribution in [-0.2, 0) is 0 Å². The number of furan rings is 1. The summed E-state index contributed by atoms with van der Waals surface area (Å²) >= 11 is 0. The normalized spacial score (nSPS) is 11.7. The molecule has 59 heavy (non-hydrogen) atoms. The number of rotatable bonds is 5. The van der Waals surface area contributed by atoms with E-state index in [1.807, 2.05) is 6.20 Å². The zero-order valence-electron chi connectivity index (χ0n) is 31.9. The van der Waals surface area contributed by atoms with Gasteiger partial charge in [0.15, 0.2) is 0 Å². The van der Waals surface area contributed by atoms with Crippen LogP contribution in [0.4, 0.5) is 0 Å². The third-order valence-corrected chi connectivity index (χ3v) is 11.9. The van der Waals surface area contributed by atoms with Crippen LogP contribution in [0.3, 0.4) is 0 Å². The third kappa shape index (κ3) is 5.51. The SMILES string of the molecule is c1cc(-c2cccc(-c3cccc(-c4cccc5c4oc4ccc6ccccc6c45)c3)c2)cc(-c2cccc(-c3cnc4c5ccccc5c5ccccc5c4n3)c2)c1. The van der Waals surface area contributed by atoms with E-state index in [0.29, 0.717) is 0 Å². The monoisotopic (exact) mass is 750 g/mol. The molecule has 0 spiro atoms. The van der Waals surface area contributed by atoms with Crippen LogP contribution >= 0.6 is 0 Å². The van der Waals surface area contributed by atoms with Crippen molar-refractivity contribution in [1.29, 1.82) is 0 Å². The van der Waals surface area contributed by atoms with Gasteiger partial charge in [-0.1, -0.05) is 170 Å². The van der Waals surface area contributed by atoms with E-state index in [9.17, 15) is 0 Å². The van der Waals surface area contributed by atoms with Crippen LogP contribution in [0.2, 0.25) is 0 Å². The Balaban J connectivity index is 0.885. The van der Waals surface area contributed by atoms with Crippen molar-refractivity contribution in [2.24, 2.45) is 0 Å². The van der Waals surface area contributed by atoms with Gasteiger partial charge < -0.3 is 4.42 Å². The number of para-hydroxylation sites is 1. The molecule has 0 aliphatic rings. The summed E-state index contributed by atoms with van der Waals surface area (Å²) in [4.78, 5) is 10.3. The highest BCUT2D eigenvalue weighted by Crippen LogP contribution is 2.41. The predicted octanol–water partition coefficient (Wildman–Crippen LogP) is 15.3. The lowest BCUT2D eigenvalue weighted by atomic mass is 9.94. The molecule has 3 nitrogen and oxygen atoms in total. The zero-order chi connectivity index (χ0) is 38.9. The Hall–Kier alpha value is -7.88. The van der Waals surface area contributed by atoms with Gasteiger partial charge in [0.2, 0.25) is 0 Å². The summed E-state index contributed by atoms with van der Waals surface area (Å²) in [6, 6.07) is 71.3. The number of aromatic nitrogens is 2. The number of benzene rings is 10. The smallest absolute Gasteiger partial charge is 0.143 e. The molecular formula is C56H34N2O. The fourth-order valence-electron chi connectivity index (χ4n) is 9.04. The lowest BCUT2D eigenvalue weighted by Gasteiger charge is -2.12. The average molecular weight is 751 g/mol. The minimum atomic E-state index is 0.857. The van der Waals surface area contributed by atoms with Gasteiger partial charge in [0.1, 0.15) is 11.2 Å². The van der Waals surface area contributed by atoms with Crippen molar-refractivity contribution in [3.63, 3.8) is 0 Å². The standard InChI is InChI=1S/C56H34N2O/c1-2-21-44-35(12-1)28-29-52-53(44)50-27-11-26-45(56(50)59-52)42-19-9-17-40(32-42)38-15-7-13-36(30-38)37-14-8-16-39(31-37)41-18-10-20-43(33-41)51-34-57-54-48-24-5-3-22-46(48)47-23-4-6-25-49(47)55(54)58-51/h1-34H. The molecule has 12 aromatic rings. The minimum Gasteiger partial charge on any atom is -0.455 e. The topological polar surface area (TPSA) is 38.9 Å². The lowest BCUT2D eigenvalue weighted by Crippen LogP contribution is -1.92. The molecule has 12 rings (SSSR count). The van der Waals surface area contributed by atoms with Gasteiger partial charge in [0.05, 0.1) is 22.9 Å². The molecule has 0 fully saturated rings. The highest BCUT2D eigenvalue weighted by molar-refractivity contribution is 6.23. The summed E-state index contributed by atoms with van der Waals surface area (Å²) in [5.41, 5.74) is 14.7. The number of fused-ring (bicyclic) bond motifs is 11. The molecule has 0 bridgehead atoms. The fraction of sp³-hybridized carbons (Fsp3) is 0. The fourth-order valence-corrected chi connectivity index (χ4v) is 9.04. The van der Waals surface area contributed by atoms with Crippen molar-refractivity contribution in [3.05, 3.63) is 206 Å². The summed E-state index contributed by atoms with van der Waals surface area (Å²) in [6.07, 6.45) is 1.92. The van der Waals surface area contributed by atoms with Crippen molar-refractivity contribution < 1.29 is 4.42 Å². The maximum Gasteiger partial charge on any atom is 0.143 e. The van der Waals surface area contributed by atoms with Gasteiger partial charge in [-0.25, -0.2) is 4.98 Å². The quantitative estimate of drug-likeness (QED) is 0.164. The Labute approximate surface area is 340 Å². The van der Waals surface area contributed by atoms with E-state index >= 15 is 0 Å². The Morgan fingerprint density at radius 1 is 0.339 bits per heavy atom. The van der Waals surface area contributed by atoms with Crippen molar-refractivity contribution in [2.75, 3.05) is 0 Å². The average Bonchev–Trinajstić information content (AvgIpc) is 3.71. The number of nitrogens with zero attached hydrogens (tertiary/aromatic N) is 2. The molecule has 3 heteroatoms. The first-order valence-corrected chi connectivity index (χ1v) is 20.0. The summed E-state index contributed by atoms with van der Waals surface area (Å²) in [7, 11) is 0. The van der Waals surface area contributed by atoms with Crippen molar-refractivity contribution in [3.8, 4) is 55.8 Å². The lowest BCUT2D eigenvalue weighted by molar-refractivity contribution is 0.670. The van der Waals surface area contributed by atoms with Gasteiger partial charge in [-0.3, -0.25) is 4.98 Å². The van der Waals surface area contributed by atoms with Gasteiger partial charge in [-0.2, -0.15) is 0 Å². The van der Waals surface area contributed by atoms with Gasteiger partial charge >= 0.3 is 0 Å². The van der Waals surface area contributed by atoms with E-state index < -0.39 is 0 Å². The third-order valence-electron chi connectivity index (χ3n) is 11.9. The zero-order valence-corrected chi connectivity index (χ0v) is 31.9. The maximum absolute atomic E-state index is 6.59. The van der Waals surface area contributed by atoms with Crippen LogP contribution in [0, 0.1) is 0 Å². The van der Waals surface area contributed by atoms with Gasteiger partial charge in [-0.05, 0) is 90.8 Å². The summed E-state index contributed by atoms with van der Waals surface area (Å²) < 4.78 is 6.59. The first-order chi connectivity index (χ1) is 29.2. The van der Waals surface area contributed by atoms with Crippen LogP contribution in [0.5, 0.6) is 0 Å². The minimum absolute atomic E-state index is 0.857. The predicted molar refractivity (Wildman–Crippen MR) is 247 cm³/mol. The van der Waals surface area contributed by atoms with Crippen LogP contribution in [0.1, 0.15) is 0 Å². The Bertz CT molecular complexity index is 3600. The van der Waals surface area contributed by atoms with E-state index in [1.54, 1.807) is 0 Å². The molecule has 0 amide bonds. The largest absolute Gasteiger partial charge is 0.455 e. The molecule has 0 radical (unpaired) electrons. The molecule has 2 aromatic heterocycles. The van der Waals surface area contributed by atoms with E-state index in [2.05, 4.69) is 200 Å². The van der Waals surface area contributed by atoms with E-state index in [4.69, 9.17) is 14.4 Å². The highest BCUT2D eigenvalue weighted by atomic mass is 16.3. The number of hydrogen-bond acceptors (Lipinski definition) is 3. The van der Waals surface area contributed by atoms with Crippen molar-refractivity contribution in [1.82, 2.24) is 9.97 Å². The molecule has 0 atom stereocenters. The van der Waals surface area contributed by atoms with Crippen LogP contribution in [0.15, 0.2) is 211 Å². The maximum atomic E-state index is 6.59. The van der Waals surface area contributed by atoms with E-state index in [1.165, 1.54) is 26.9 Å². The van der Waals surface area contributed by atoms with E-state index in [0.717, 1.165) is 94.1 Å².